The van der Waals surface area contributed by atoms with Gasteiger partial charge in [0.05, 0.1) is 4.91 Å². The van der Waals surface area contributed by atoms with Crippen LogP contribution in [0.1, 0.15) is 29.5 Å². The summed E-state index contributed by atoms with van der Waals surface area (Å²) in [6.07, 6.45) is 1.87. The molecule has 2 aliphatic heterocycles. The number of carboxylic acid groups (broad SMARTS) is 1. The number of halogens is 1. The first-order chi connectivity index (χ1) is 18.1. The molecular weight excluding hydrogens is 529 g/mol. The minimum atomic E-state index is -0.944. The van der Waals surface area contributed by atoms with E-state index in [0.717, 1.165) is 17.4 Å². The third kappa shape index (κ3) is 5.44. The summed E-state index contributed by atoms with van der Waals surface area (Å²) in [6, 6.07) is 8.31. The standard InChI is InChI=1S/C26H26FN5O4S2/c1-16-19(14-21-25(36)32(26(37)38-21)9-3-4-22(33)34)23(29(2)24(35)20(16)15-28)31-12-10-30(11-13-31)18-7-5-17(27)6-8-18/h5-8,14H,3-4,9-13H2,1-2H3,(H,33,34). The zero-order chi connectivity index (χ0) is 27.6. The number of rotatable bonds is 7. The first-order valence-electron chi connectivity index (χ1n) is 12.0. The fourth-order valence-corrected chi connectivity index (χ4v) is 5.93. The van der Waals surface area contributed by atoms with Crippen LogP contribution in [-0.2, 0) is 16.6 Å². The van der Waals surface area contributed by atoms with Crippen molar-refractivity contribution in [1.82, 2.24) is 9.47 Å². The van der Waals surface area contributed by atoms with Crippen LogP contribution in [0.3, 0.4) is 0 Å². The zero-order valence-electron chi connectivity index (χ0n) is 20.9. The van der Waals surface area contributed by atoms with Gasteiger partial charge in [-0.25, -0.2) is 4.39 Å². The van der Waals surface area contributed by atoms with Crippen LogP contribution in [-0.4, -0.2) is 63.5 Å². The lowest BCUT2D eigenvalue weighted by atomic mass is 10.0. The van der Waals surface area contributed by atoms with E-state index >= 15 is 0 Å². The summed E-state index contributed by atoms with van der Waals surface area (Å²) >= 11 is 6.49. The number of hydrogen-bond acceptors (Lipinski definition) is 8. The van der Waals surface area contributed by atoms with E-state index in [0.29, 0.717) is 52.3 Å². The molecule has 9 nitrogen and oxygen atoms in total. The van der Waals surface area contributed by atoms with Crippen molar-refractivity contribution in [3.05, 3.63) is 62.0 Å². The van der Waals surface area contributed by atoms with Gasteiger partial charge in [-0.05, 0) is 49.2 Å². The average Bonchev–Trinajstić information content (AvgIpc) is 3.15. The molecule has 4 rings (SSSR count). The Kier molecular flexibility index (Phi) is 8.18. The first kappa shape index (κ1) is 27.3. The lowest BCUT2D eigenvalue weighted by Gasteiger charge is -2.38. The molecule has 2 aromatic rings. The summed E-state index contributed by atoms with van der Waals surface area (Å²) < 4.78 is 15.1. The number of carboxylic acids is 1. The highest BCUT2D eigenvalue weighted by Gasteiger charge is 2.33. The SMILES string of the molecule is Cc1c(C=C2SC(=S)N(CCCC(=O)O)C2=O)c(N2CCN(c3ccc(F)cc3)CC2)n(C)c(=O)c1C#N. The molecule has 2 saturated heterocycles. The van der Waals surface area contributed by atoms with Crippen LogP contribution in [0.25, 0.3) is 6.08 Å². The second-order valence-corrected chi connectivity index (χ2v) is 10.7. The molecule has 1 aromatic carbocycles. The lowest BCUT2D eigenvalue weighted by molar-refractivity contribution is -0.137. The van der Waals surface area contributed by atoms with Gasteiger partial charge < -0.3 is 14.9 Å². The van der Waals surface area contributed by atoms with E-state index in [1.54, 1.807) is 32.2 Å². The summed E-state index contributed by atoms with van der Waals surface area (Å²) in [5, 5.41) is 18.6. The molecule has 0 saturated carbocycles. The normalized spacial score (nSPS) is 16.9. The molecule has 3 heterocycles. The maximum absolute atomic E-state index is 13.4. The second kappa shape index (κ2) is 11.4. The highest BCUT2D eigenvalue weighted by molar-refractivity contribution is 8.26. The van der Waals surface area contributed by atoms with Crippen molar-refractivity contribution < 1.29 is 19.1 Å². The Hall–Kier alpha value is -3.69. The number of nitrogens with zero attached hydrogens (tertiary/aromatic N) is 5. The Morgan fingerprint density at radius 2 is 1.82 bits per heavy atom. The molecule has 1 N–H and O–H groups in total. The molecule has 38 heavy (non-hydrogen) atoms. The van der Waals surface area contributed by atoms with Gasteiger partial charge in [0.2, 0.25) is 0 Å². The maximum Gasteiger partial charge on any atom is 0.303 e. The Labute approximate surface area is 228 Å². The van der Waals surface area contributed by atoms with E-state index in [2.05, 4.69) is 9.80 Å². The van der Waals surface area contributed by atoms with Crippen LogP contribution in [0, 0.1) is 24.1 Å². The smallest absolute Gasteiger partial charge is 0.303 e. The number of benzene rings is 1. The molecule has 12 heteroatoms. The van der Waals surface area contributed by atoms with E-state index in [1.807, 2.05) is 6.07 Å². The Morgan fingerprint density at radius 3 is 2.42 bits per heavy atom. The molecule has 198 valence electrons. The third-order valence-electron chi connectivity index (χ3n) is 6.66. The van der Waals surface area contributed by atoms with Gasteiger partial charge in [0.25, 0.3) is 11.5 Å². The van der Waals surface area contributed by atoms with Crippen molar-refractivity contribution in [2.75, 3.05) is 42.5 Å². The monoisotopic (exact) mass is 555 g/mol. The molecule has 1 aromatic heterocycles. The zero-order valence-corrected chi connectivity index (χ0v) is 22.6. The van der Waals surface area contributed by atoms with Crippen LogP contribution in [0.4, 0.5) is 15.9 Å². The van der Waals surface area contributed by atoms with Crippen molar-refractivity contribution >= 4 is 57.8 Å². The van der Waals surface area contributed by atoms with Gasteiger partial charge in [0.15, 0.2) is 0 Å². The van der Waals surface area contributed by atoms with Crippen LogP contribution in [0.2, 0.25) is 0 Å². The summed E-state index contributed by atoms with van der Waals surface area (Å²) in [5.74, 6) is -0.974. The Morgan fingerprint density at radius 1 is 1.18 bits per heavy atom. The van der Waals surface area contributed by atoms with Crippen LogP contribution in [0.15, 0.2) is 34.0 Å². The summed E-state index contributed by atoms with van der Waals surface area (Å²) in [7, 11) is 1.61. The number of aliphatic carboxylic acids is 1. The van der Waals surface area contributed by atoms with Gasteiger partial charge in [-0.2, -0.15) is 5.26 Å². The molecule has 2 aliphatic rings. The van der Waals surface area contributed by atoms with Crippen molar-refractivity contribution in [1.29, 1.82) is 5.26 Å². The van der Waals surface area contributed by atoms with Gasteiger partial charge in [-0.15, -0.1) is 0 Å². The van der Waals surface area contributed by atoms with Crippen molar-refractivity contribution in [3.8, 4) is 6.07 Å². The summed E-state index contributed by atoms with van der Waals surface area (Å²) in [6.45, 7) is 4.27. The topological polar surface area (TPSA) is 110 Å². The van der Waals surface area contributed by atoms with Crippen LogP contribution in [0.5, 0.6) is 0 Å². The Bertz CT molecular complexity index is 1420. The number of nitriles is 1. The molecule has 0 radical (unpaired) electrons. The van der Waals surface area contributed by atoms with E-state index in [9.17, 15) is 24.0 Å². The maximum atomic E-state index is 13.4. The molecule has 0 atom stereocenters. The number of anilines is 2. The highest BCUT2D eigenvalue weighted by atomic mass is 32.2. The number of carbonyl (C=O) groups excluding carboxylic acids is 1. The van der Waals surface area contributed by atoms with E-state index in [4.69, 9.17) is 17.3 Å². The molecule has 0 spiro atoms. The molecule has 1 amide bonds. The molecule has 0 unspecified atom stereocenters. The van der Waals surface area contributed by atoms with Gasteiger partial charge in [0, 0.05) is 57.4 Å². The third-order valence-corrected chi connectivity index (χ3v) is 8.04. The predicted octanol–water partition coefficient (Wildman–Crippen LogP) is 3.10. The lowest BCUT2D eigenvalue weighted by Crippen LogP contribution is -2.48. The largest absolute Gasteiger partial charge is 0.481 e. The number of carbonyl (C=O) groups is 2. The number of aromatic nitrogens is 1. The Balaban J connectivity index is 1.67. The number of hydrogen-bond donors (Lipinski definition) is 1. The predicted molar refractivity (Wildman–Crippen MR) is 149 cm³/mol. The number of pyridine rings is 1. The number of amides is 1. The summed E-state index contributed by atoms with van der Waals surface area (Å²) in [4.78, 5) is 43.0. The first-order valence-corrected chi connectivity index (χ1v) is 13.2. The van der Waals surface area contributed by atoms with Gasteiger partial charge >= 0.3 is 5.97 Å². The van der Waals surface area contributed by atoms with Crippen LogP contribution >= 0.6 is 24.0 Å². The minimum Gasteiger partial charge on any atom is -0.481 e. The van der Waals surface area contributed by atoms with Crippen LogP contribution < -0.4 is 15.4 Å². The fourth-order valence-electron chi connectivity index (χ4n) is 4.63. The van der Waals surface area contributed by atoms with Gasteiger partial charge in [-0.1, -0.05) is 24.0 Å². The van der Waals surface area contributed by atoms with Crippen molar-refractivity contribution in [3.63, 3.8) is 0 Å². The van der Waals surface area contributed by atoms with E-state index in [1.165, 1.54) is 21.6 Å². The molecule has 2 fully saturated rings. The molecular formula is C26H26FN5O4S2. The second-order valence-electron chi connectivity index (χ2n) is 8.99. The fraction of sp³-hybridized carbons (Fsp3) is 0.346. The number of thioether (sulfide) groups is 1. The molecule has 0 bridgehead atoms. The molecule has 0 aliphatic carbocycles. The van der Waals surface area contributed by atoms with Crippen molar-refractivity contribution in [2.45, 2.75) is 19.8 Å². The number of thiocarbonyl (C=S) groups is 1. The van der Waals surface area contributed by atoms with Gasteiger partial charge in [0.1, 0.15) is 27.6 Å². The highest BCUT2D eigenvalue weighted by Crippen LogP contribution is 2.36. The van der Waals surface area contributed by atoms with E-state index in [-0.39, 0.29) is 36.7 Å². The van der Waals surface area contributed by atoms with Crippen molar-refractivity contribution in [2.24, 2.45) is 7.05 Å². The summed E-state index contributed by atoms with van der Waals surface area (Å²) in [5.41, 5.74) is 1.55. The number of piperazine rings is 1. The quantitative estimate of drug-likeness (QED) is 0.407. The average molecular weight is 556 g/mol. The van der Waals surface area contributed by atoms with E-state index < -0.39 is 11.5 Å². The van der Waals surface area contributed by atoms with Gasteiger partial charge in [-0.3, -0.25) is 23.9 Å². The minimum absolute atomic E-state index is 0.00406.